The Morgan fingerprint density at radius 1 is 1.32 bits per heavy atom. The number of phenols is 1. The fourth-order valence-corrected chi connectivity index (χ4v) is 2.68. The Hall–Kier alpha value is -2.53. The van der Waals surface area contributed by atoms with Gasteiger partial charge in [0.05, 0.1) is 12.7 Å². The van der Waals surface area contributed by atoms with Crippen LogP contribution in [0.1, 0.15) is 40.1 Å². The number of benzene rings is 2. The van der Waals surface area contributed by atoms with Gasteiger partial charge in [0.25, 0.3) is 0 Å². The molecule has 0 unspecified atom stereocenters. The lowest BCUT2D eigenvalue weighted by Gasteiger charge is -2.30. The van der Waals surface area contributed by atoms with Gasteiger partial charge in [-0.25, -0.2) is 4.79 Å². The normalized spacial score (nSPS) is 19.9. The molecule has 5 nitrogen and oxygen atoms in total. The van der Waals surface area contributed by atoms with E-state index in [0.29, 0.717) is 17.7 Å². The predicted molar refractivity (Wildman–Crippen MR) is 80.8 cm³/mol. The van der Waals surface area contributed by atoms with Crippen molar-refractivity contribution in [2.24, 2.45) is 5.73 Å². The molecule has 2 atom stereocenters. The number of rotatable bonds is 2. The van der Waals surface area contributed by atoms with E-state index in [4.69, 9.17) is 15.2 Å². The highest BCUT2D eigenvalue weighted by Crippen LogP contribution is 2.41. The van der Waals surface area contributed by atoms with Crippen LogP contribution in [0, 0.1) is 0 Å². The molecule has 5 heteroatoms. The summed E-state index contributed by atoms with van der Waals surface area (Å²) in [4.78, 5) is 11.6. The first-order valence-electron chi connectivity index (χ1n) is 7.02. The van der Waals surface area contributed by atoms with Crippen molar-refractivity contribution in [3.8, 4) is 11.5 Å². The number of hydrogen-bond donors (Lipinski definition) is 2. The molecule has 0 spiro atoms. The third-order valence-electron chi connectivity index (χ3n) is 3.81. The van der Waals surface area contributed by atoms with Crippen LogP contribution < -0.4 is 10.5 Å². The molecule has 0 aromatic heterocycles. The molecule has 1 aliphatic heterocycles. The minimum atomic E-state index is -0.389. The van der Waals surface area contributed by atoms with Crippen molar-refractivity contribution in [1.29, 1.82) is 0 Å². The quantitative estimate of drug-likeness (QED) is 0.833. The molecule has 0 saturated carbocycles. The average molecular weight is 299 g/mol. The zero-order chi connectivity index (χ0) is 15.7. The van der Waals surface area contributed by atoms with E-state index in [-0.39, 0.29) is 23.9 Å². The van der Waals surface area contributed by atoms with Gasteiger partial charge in [-0.15, -0.1) is 0 Å². The molecule has 0 radical (unpaired) electrons. The van der Waals surface area contributed by atoms with Crippen LogP contribution >= 0.6 is 0 Å². The highest BCUT2D eigenvalue weighted by molar-refractivity contribution is 5.89. The minimum Gasteiger partial charge on any atom is -0.508 e. The van der Waals surface area contributed by atoms with Crippen LogP contribution in [0.15, 0.2) is 42.5 Å². The summed E-state index contributed by atoms with van der Waals surface area (Å²) in [5.74, 6) is 0.321. The molecular formula is C17H17NO4. The van der Waals surface area contributed by atoms with Gasteiger partial charge in [0.1, 0.15) is 17.6 Å². The highest BCUT2D eigenvalue weighted by Gasteiger charge is 2.27. The molecule has 0 saturated heterocycles. The highest BCUT2D eigenvalue weighted by atomic mass is 16.5. The topological polar surface area (TPSA) is 81.8 Å². The number of carbonyl (C=O) groups is 1. The van der Waals surface area contributed by atoms with Gasteiger partial charge < -0.3 is 20.3 Å². The van der Waals surface area contributed by atoms with Gasteiger partial charge in [-0.2, -0.15) is 0 Å². The Balaban J connectivity index is 1.92. The summed E-state index contributed by atoms with van der Waals surface area (Å²) >= 11 is 0. The lowest BCUT2D eigenvalue weighted by Crippen LogP contribution is -2.24. The molecule has 2 aromatic rings. The lowest BCUT2D eigenvalue weighted by atomic mass is 9.93. The van der Waals surface area contributed by atoms with E-state index in [2.05, 4.69) is 0 Å². The molecule has 0 bridgehead atoms. The summed E-state index contributed by atoms with van der Waals surface area (Å²) in [7, 11) is 1.35. The number of carbonyl (C=O) groups excluding carboxylic acids is 1. The van der Waals surface area contributed by atoms with Crippen molar-refractivity contribution in [3.63, 3.8) is 0 Å². The van der Waals surface area contributed by atoms with Crippen molar-refractivity contribution >= 4 is 5.97 Å². The van der Waals surface area contributed by atoms with Crippen LogP contribution in [0.25, 0.3) is 0 Å². The largest absolute Gasteiger partial charge is 0.508 e. The van der Waals surface area contributed by atoms with Gasteiger partial charge in [-0.3, -0.25) is 0 Å². The van der Waals surface area contributed by atoms with Crippen LogP contribution in [0.5, 0.6) is 11.5 Å². The van der Waals surface area contributed by atoms with Crippen molar-refractivity contribution in [2.75, 3.05) is 7.11 Å². The second-order valence-corrected chi connectivity index (χ2v) is 5.29. The van der Waals surface area contributed by atoms with Gasteiger partial charge in [0.2, 0.25) is 0 Å². The maximum atomic E-state index is 11.6. The second-order valence-electron chi connectivity index (χ2n) is 5.29. The van der Waals surface area contributed by atoms with Crippen LogP contribution in [-0.2, 0) is 4.74 Å². The molecule has 1 heterocycles. The van der Waals surface area contributed by atoms with Crippen molar-refractivity contribution in [3.05, 3.63) is 59.2 Å². The van der Waals surface area contributed by atoms with E-state index in [0.717, 1.165) is 11.1 Å². The van der Waals surface area contributed by atoms with E-state index < -0.39 is 0 Å². The van der Waals surface area contributed by atoms with E-state index in [1.54, 1.807) is 36.4 Å². The molecule has 0 aliphatic carbocycles. The number of methoxy groups -OCH3 is 1. The first-order chi connectivity index (χ1) is 10.6. The Bertz CT molecular complexity index is 714. The number of nitrogens with two attached hydrogens (primary N) is 1. The van der Waals surface area contributed by atoms with E-state index >= 15 is 0 Å². The van der Waals surface area contributed by atoms with E-state index in [1.165, 1.54) is 7.11 Å². The van der Waals surface area contributed by atoms with Crippen molar-refractivity contribution < 1.29 is 19.4 Å². The molecule has 22 heavy (non-hydrogen) atoms. The number of fused-ring (bicyclic) bond motifs is 1. The second kappa shape index (κ2) is 5.69. The van der Waals surface area contributed by atoms with Crippen molar-refractivity contribution in [1.82, 2.24) is 0 Å². The third-order valence-corrected chi connectivity index (χ3v) is 3.81. The van der Waals surface area contributed by atoms with Crippen LogP contribution in [-0.4, -0.2) is 18.2 Å². The number of esters is 1. The molecular weight excluding hydrogens is 282 g/mol. The van der Waals surface area contributed by atoms with Gasteiger partial charge in [-0.1, -0.05) is 18.2 Å². The van der Waals surface area contributed by atoms with Gasteiger partial charge in [0, 0.05) is 24.1 Å². The fraction of sp³-hybridized carbons (Fsp3) is 0.235. The van der Waals surface area contributed by atoms with Crippen LogP contribution in [0.3, 0.4) is 0 Å². The minimum absolute atomic E-state index is 0.134. The van der Waals surface area contributed by atoms with Crippen LogP contribution in [0.4, 0.5) is 0 Å². The molecule has 1 aliphatic rings. The molecule has 114 valence electrons. The average Bonchev–Trinajstić information content (AvgIpc) is 2.53. The third kappa shape index (κ3) is 2.63. The Labute approximate surface area is 128 Å². The summed E-state index contributed by atoms with van der Waals surface area (Å²) < 4.78 is 10.7. The molecule has 3 rings (SSSR count). The zero-order valence-corrected chi connectivity index (χ0v) is 12.2. The molecule has 2 aromatic carbocycles. The van der Waals surface area contributed by atoms with Gasteiger partial charge in [-0.05, 0) is 23.8 Å². The first-order valence-corrected chi connectivity index (χ1v) is 7.02. The Kier molecular flexibility index (Phi) is 3.73. The summed E-state index contributed by atoms with van der Waals surface area (Å²) in [5, 5.41) is 9.60. The maximum absolute atomic E-state index is 11.6. The monoisotopic (exact) mass is 299 g/mol. The molecule has 0 amide bonds. The number of phenolic OH excluding ortho intramolecular Hbond substituents is 1. The number of aromatic hydroxyl groups is 1. The van der Waals surface area contributed by atoms with E-state index in [1.807, 2.05) is 6.07 Å². The number of ether oxygens (including phenoxy) is 2. The Morgan fingerprint density at radius 3 is 2.91 bits per heavy atom. The fourth-order valence-electron chi connectivity index (χ4n) is 2.68. The van der Waals surface area contributed by atoms with Gasteiger partial charge in [0.15, 0.2) is 0 Å². The number of hydrogen-bond acceptors (Lipinski definition) is 5. The van der Waals surface area contributed by atoms with Gasteiger partial charge >= 0.3 is 5.97 Å². The Morgan fingerprint density at radius 2 is 2.14 bits per heavy atom. The van der Waals surface area contributed by atoms with Crippen molar-refractivity contribution in [2.45, 2.75) is 18.6 Å². The molecule has 0 fully saturated rings. The summed E-state index contributed by atoms with van der Waals surface area (Å²) in [6, 6.07) is 11.9. The first kappa shape index (κ1) is 14.4. The standard InChI is InChI=1S/C17H17NO4/c1-21-17(20)11-4-2-3-10(7-11)15-9-14(18)13-6-5-12(19)8-16(13)22-15/h2-8,14-15,19H,9,18H2,1H3/t14-,15-/m1/s1. The summed E-state index contributed by atoms with van der Waals surface area (Å²) in [6.07, 6.45) is 0.330. The summed E-state index contributed by atoms with van der Waals surface area (Å²) in [5.41, 5.74) is 8.39. The smallest absolute Gasteiger partial charge is 0.337 e. The molecule has 3 N–H and O–H groups in total. The van der Waals surface area contributed by atoms with Crippen LogP contribution in [0.2, 0.25) is 0 Å². The SMILES string of the molecule is COC(=O)c1cccc([C@H]2C[C@@H](N)c3ccc(O)cc3O2)c1. The van der Waals surface area contributed by atoms with E-state index in [9.17, 15) is 9.90 Å². The zero-order valence-electron chi connectivity index (χ0n) is 12.2. The maximum Gasteiger partial charge on any atom is 0.337 e. The summed E-state index contributed by atoms with van der Waals surface area (Å²) in [6.45, 7) is 0. The predicted octanol–water partition coefficient (Wildman–Crippen LogP) is 2.70. The lowest BCUT2D eigenvalue weighted by molar-refractivity contribution is 0.0600.